The van der Waals surface area contributed by atoms with Crippen molar-refractivity contribution in [2.24, 2.45) is 5.92 Å². The minimum atomic E-state index is 0.0768. The maximum absolute atomic E-state index is 12.2. The van der Waals surface area contributed by atoms with E-state index in [9.17, 15) is 4.79 Å². The first-order chi connectivity index (χ1) is 9.76. The van der Waals surface area contributed by atoms with Crippen LogP contribution < -0.4 is 5.32 Å². The highest BCUT2D eigenvalue weighted by molar-refractivity contribution is 7.14. The molecule has 2 aliphatic rings. The Hall–Kier alpha value is -0.870. The van der Waals surface area contributed by atoms with Crippen molar-refractivity contribution in [1.29, 1.82) is 0 Å². The fraction of sp³-hybridized carbons (Fsp3) is 0.688. The molecule has 20 heavy (non-hydrogen) atoms. The average Bonchev–Trinajstić information content (AvgIpc) is 3.12. The Morgan fingerprint density at radius 2 is 2.40 bits per heavy atom. The molecule has 2 heterocycles. The molecule has 1 aliphatic heterocycles. The van der Waals surface area contributed by atoms with E-state index in [1.54, 1.807) is 11.3 Å². The number of carbonyl (C=O) groups excluding carboxylic acids is 1. The molecule has 0 bridgehead atoms. The second kappa shape index (κ2) is 6.27. The Kier molecular flexibility index (Phi) is 4.41. The molecule has 1 saturated heterocycles. The van der Waals surface area contributed by atoms with E-state index in [1.807, 2.05) is 0 Å². The van der Waals surface area contributed by atoms with Crippen molar-refractivity contribution in [3.8, 4) is 0 Å². The summed E-state index contributed by atoms with van der Waals surface area (Å²) in [6.45, 7) is 3.75. The van der Waals surface area contributed by atoms with Gasteiger partial charge in [0, 0.05) is 18.0 Å². The number of nitrogens with one attached hydrogen (secondary N) is 1. The van der Waals surface area contributed by atoms with Gasteiger partial charge in [-0.05, 0) is 49.7 Å². The van der Waals surface area contributed by atoms with E-state index >= 15 is 0 Å². The minimum absolute atomic E-state index is 0.0768. The predicted octanol–water partition coefficient (Wildman–Crippen LogP) is 3.17. The van der Waals surface area contributed by atoms with E-state index in [-0.39, 0.29) is 12.0 Å². The standard InChI is InChI=1S/C16H23NO2S/c1-2-11-5-6-14-12(8-11)9-15(20-14)16(18)17-10-13-4-3-7-19-13/h9,11,13H,2-8,10H2,1H3,(H,17,18)/t11-,13+/m0/s1. The molecule has 2 atom stereocenters. The van der Waals surface area contributed by atoms with Crippen LogP contribution in [-0.4, -0.2) is 25.2 Å². The Morgan fingerprint density at radius 3 is 3.15 bits per heavy atom. The Balaban J connectivity index is 1.59. The number of ether oxygens (including phenoxy) is 1. The fourth-order valence-electron chi connectivity index (χ4n) is 3.16. The van der Waals surface area contributed by atoms with Crippen molar-refractivity contribution in [2.45, 2.75) is 51.6 Å². The van der Waals surface area contributed by atoms with Crippen LogP contribution in [0.15, 0.2) is 6.07 Å². The van der Waals surface area contributed by atoms with Crippen molar-refractivity contribution in [3.05, 3.63) is 21.4 Å². The fourth-order valence-corrected chi connectivity index (χ4v) is 4.28. The van der Waals surface area contributed by atoms with Gasteiger partial charge < -0.3 is 10.1 Å². The summed E-state index contributed by atoms with van der Waals surface area (Å²) in [7, 11) is 0. The monoisotopic (exact) mass is 293 g/mol. The number of thiophene rings is 1. The zero-order valence-electron chi connectivity index (χ0n) is 12.1. The van der Waals surface area contributed by atoms with E-state index in [2.05, 4.69) is 18.3 Å². The normalized spacial score (nSPS) is 25.4. The smallest absolute Gasteiger partial charge is 0.261 e. The van der Waals surface area contributed by atoms with Gasteiger partial charge in [0.05, 0.1) is 11.0 Å². The van der Waals surface area contributed by atoms with Crippen LogP contribution in [0.4, 0.5) is 0 Å². The van der Waals surface area contributed by atoms with Crippen LogP contribution in [0.5, 0.6) is 0 Å². The summed E-state index contributed by atoms with van der Waals surface area (Å²) in [5.41, 5.74) is 1.41. The molecule has 1 aromatic rings. The first-order valence-corrected chi connectivity index (χ1v) is 8.59. The van der Waals surface area contributed by atoms with Crippen LogP contribution in [0.2, 0.25) is 0 Å². The molecule has 1 amide bonds. The molecular weight excluding hydrogens is 270 g/mol. The number of carbonyl (C=O) groups is 1. The van der Waals surface area contributed by atoms with Crippen LogP contribution in [0, 0.1) is 5.92 Å². The molecule has 0 aromatic carbocycles. The Labute approximate surface area is 124 Å². The van der Waals surface area contributed by atoms with E-state index < -0.39 is 0 Å². The Bertz CT molecular complexity index is 477. The highest BCUT2D eigenvalue weighted by atomic mass is 32.1. The molecule has 3 rings (SSSR count). The summed E-state index contributed by atoms with van der Waals surface area (Å²) in [6.07, 6.45) is 7.24. The maximum atomic E-state index is 12.2. The summed E-state index contributed by atoms with van der Waals surface area (Å²) in [5, 5.41) is 3.02. The van der Waals surface area contributed by atoms with Gasteiger partial charge in [-0.3, -0.25) is 4.79 Å². The topological polar surface area (TPSA) is 38.3 Å². The van der Waals surface area contributed by atoms with Gasteiger partial charge in [-0.2, -0.15) is 0 Å². The quantitative estimate of drug-likeness (QED) is 0.926. The number of hydrogen-bond acceptors (Lipinski definition) is 3. The third kappa shape index (κ3) is 3.07. The van der Waals surface area contributed by atoms with Crippen LogP contribution >= 0.6 is 11.3 Å². The van der Waals surface area contributed by atoms with Crippen molar-refractivity contribution in [1.82, 2.24) is 5.32 Å². The van der Waals surface area contributed by atoms with Crippen LogP contribution in [0.3, 0.4) is 0 Å². The van der Waals surface area contributed by atoms with Crippen molar-refractivity contribution in [2.75, 3.05) is 13.2 Å². The first kappa shape index (κ1) is 14.1. The predicted molar refractivity (Wildman–Crippen MR) is 81.4 cm³/mol. The molecule has 3 nitrogen and oxygen atoms in total. The summed E-state index contributed by atoms with van der Waals surface area (Å²) in [5.74, 6) is 0.882. The summed E-state index contributed by atoms with van der Waals surface area (Å²) < 4.78 is 5.54. The number of hydrogen-bond donors (Lipinski definition) is 1. The average molecular weight is 293 g/mol. The lowest BCUT2D eigenvalue weighted by atomic mass is 9.87. The molecule has 1 aromatic heterocycles. The van der Waals surface area contributed by atoms with Gasteiger partial charge in [0.1, 0.15) is 0 Å². The molecule has 0 radical (unpaired) electrons. The molecule has 0 spiro atoms. The third-order valence-corrected chi connectivity index (χ3v) is 5.74. The Morgan fingerprint density at radius 1 is 1.50 bits per heavy atom. The second-order valence-corrected chi connectivity index (χ2v) is 7.06. The lowest BCUT2D eigenvalue weighted by molar-refractivity contribution is 0.0861. The summed E-state index contributed by atoms with van der Waals surface area (Å²) >= 11 is 1.69. The molecule has 1 aliphatic carbocycles. The maximum Gasteiger partial charge on any atom is 0.261 e. The van der Waals surface area contributed by atoms with Crippen LogP contribution in [0.25, 0.3) is 0 Å². The van der Waals surface area contributed by atoms with Crippen LogP contribution in [0.1, 0.15) is 52.7 Å². The van der Waals surface area contributed by atoms with E-state index in [4.69, 9.17) is 4.74 Å². The van der Waals surface area contributed by atoms with Gasteiger partial charge in [-0.15, -0.1) is 11.3 Å². The first-order valence-electron chi connectivity index (χ1n) is 7.77. The number of rotatable bonds is 4. The van der Waals surface area contributed by atoms with E-state index in [0.29, 0.717) is 6.54 Å². The minimum Gasteiger partial charge on any atom is -0.376 e. The van der Waals surface area contributed by atoms with E-state index in [0.717, 1.165) is 43.1 Å². The van der Waals surface area contributed by atoms with Crippen molar-refractivity contribution in [3.63, 3.8) is 0 Å². The zero-order chi connectivity index (χ0) is 13.9. The molecule has 0 saturated carbocycles. The molecule has 4 heteroatoms. The van der Waals surface area contributed by atoms with Gasteiger partial charge in [0.15, 0.2) is 0 Å². The molecule has 0 unspecified atom stereocenters. The largest absolute Gasteiger partial charge is 0.376 e. The van der Waals surface area contributed by atoms with Crippen LogP contribution in [-0.2, 0) is 17.6 Å². The number of fused-ring (bicyclic) bond motifs is 1. The molecule has 1 fully saturated rings. The number of amides is 1. The van der Waals surface area contributed by atoms with Crippen molar-refractivity contribution >= 4 is 17.2 Å². The zero-order valence-corrected chi connectivity index (χ0v) is 12.9. The van der Waals surface area contributed by atoms with E-state index in [1.165, 1.54) is 23.3 Å². The summed E-state index contributed by atoms with van der Waals surface area (Å²) in [6, 6.07) is 2.12. The van der Waals surface area contributed by atoms with Gasteiger partial charge in [0.25, 0.3) is 5.91 Å². The highest BCUT2D eigenvalue weighted by Crippen LogP contribution is 2.33. The molecule has 1 N–H and O–H groups in total. The summed E-state index contributed by atoms with van der Waals surface area (Å²) in [4.78, 5) is 14.5. The van der Waals surface area contributed by atoms with Crippen molar-refractivity contribution < 1.29 is 9.53 Å². The lowest BCUT2D eigenvalue weighted by Gasteiger charge is -2.19. The third-order valence-electron chi connectivity index (χ3n) is 4.50. The highest BCUT2D eigenvalue weighted by Gasteiger charge is 2.23. The van der Waals surface area contributed by atoms with Gasteiger partial charge >= 0.3 is 0 Å². The number of aryl methyl sites for hydroxylation is 1. The molecule has 110 valence electrons. The SMILES string of the molecule is CC[C@H]1CCc2sc(C(=O)NC[C@H]3CCCO3)cc2C1. The molecular formula is C16H23NO2S. The van der Waals surface area contributed by atoms with Gasteiger partial charge in [-0.1, -0.05) is 13.3 Å². The lowest BCUT2D eigenvalue weighted by Crippen LogP contribution is -2.31. The van der Waals surface area contributed by atoms with Gasteiger partial charge in [-0.25, -0.2) is 0 Å². The van der Waals surface area contributed by atoms with Gasteiger partial charge in [0.2, 0.25) is 0 Å². The second-order valence-electron chi connectivity index (χ2n) is 5.92.